The molecule has 3 rings (SSSR count). The van der Waals surface area contributed by atoms with Gasteiger partial charge < -0.3 is 29.2 Å². The fourth-order valence-electron chi connectivity index (χ4n) is 3.48. The lowest BCUT2D eigenvalue weighted by Gasteiger charge is -2.37. The van der Waals surface area contributed by atoms with Crippen molar-refractivity contribution in [2.75, 3.05) is 14.2 Å². The Morgan fingerprint density at radius 1 is 1.09 bits per heavy atom. The van der Waals surface area contributed by atoms with Gasteiger partial charge in [0, 0.05) is 36.4 Å². The van der Waals surface area contributed by atoms with Crippen molar-refractivity contribution in [3.05, 3.63) is 71.3 Å². The molecule has 1 aliphatic heterocycles. The molecular formula is C24H27NO8. The van der Waals surface area contributed by atoms with Gasteiger partial charge in [0.25, 0.3) is 5.79 Å². The van der Waals surface area contributed by atoms with E-state index < -0.39 is 24.0 Å². The van der Waals surface area contributed by atoms with E-state index in [1.54, 1.807) is 7.11 Å². The highest BCUT2D eigenvalue weighted by Crippen LogP contribution is 2.33. The molecule has 0 saturated heterocycles. The van der Waals surface area contributed by atoms with E-state index in [1.807, 2.05) is 31.2 Å². The average Bonchev–Trinajstić information content (AvgIpc) is 2.78. The van der Waals surface area contributed by atoms with Crippen molar-refractivity contribution in [1.82, 2.24) is 5.32 Å². The van der Waals surface area contributed by atoms with Crippen LogP contribution in [-0.4, -0.2) is 48.6 Å². The number of phenols is 1. The molecule has 0 aliphatic carbocycles. The van der Waals surface area contributed by atoms with Crippen molar-refractivity contribution in [1.29, 1.82) is 0 Å². The maximum absolute atomic E-state index is 12.2. The van der Waals surface area contributed by atoms with Crippen molar-refractivity contribution >= 4 is 11.9 Å². The van der Waals surface area contributed by atoms with Crippen LogP contribution >= 0.6 is 0 Å². The van der Waals surface area contributed by atoms with Crippen molar-refractivity contribution < 1.29 is 38.7 Å². The summed E-state index contributed by atoms with van der Waals surface area (Å²) in [7, 11) is 3.04. The quantitative estimate of drug-likeness (QED) is 0.510. The molecule has 3 N–H and O–H groups in total. The van der Waals surface area contributed by atoms with Crippen LogP contribution < -0.4 is 10.1 Å². The first-order valence-electron chi connectivity index (χ1n) is 10.3. The number of nitrogens with one attached hydrogen (secondary N) is 1. The predicted octanol–water partition coefficient (Wildman–Crippen LogP) is 1.90. The maximum atomic E-state index is 12.2. The van der Waals surface area contributed by atoms with Crippen molar-refractivity contribution in [3.63, 3.8) is 0 Å². The number of hydrogen-bond acceptors (Lipinski definition) is 9. The number of phenolic OH excluding ortho intramolecular Hbond substituents is 1. The lowest BCUT2D eigenvalue weighted by molar-refractivity contribution is -0.266. The zero-order valence-electron chi connectivity index (χ0n) is 18.6. The lowest BCUT2D eigenvalue weighted by atomic mass is 9.99. The van der Waals surface area contributed by atoms with Crippen LogP contribution in [0.1, 0.15) is 23.6 Å². The van der Waals surface area contributed by atoms with Gasteiger partial charge in [-0.15, -0.1) is 0 Å². The van der Waals surface area contributed by atoms with E-state index in [-0.39, 0.29) is 24.0 Å². The number of rotatable bonds is 8. The highest BCUT2D eigenvalue weighted by Gasteiger charge is 2.47. The Morgan fingerprint density at radius 2 is 1.79 bits per heavy atom. The second-order valence-electron chi connectivity index (χ2n) is 7.66. The lowest BCUT2D eigenvalue weighted by Crippen LogP contribution is -2.56. The van der Waals surface area contributed by atoms with Crippen LogP contribution in [0.25, 0.3) is 0 Å². The molecule has 33 heavy (non-hydrogen) atoms. The van der Waals surface area contributed by atoms with E-state index in [0.29, 0.717) is 12.0 Å². The number of hydrogen-bond donors (Lipinski definition) is 3. The van der Waals surface area contributed by atoms with Crippen molar-refractivity contribution in [2.45, 2.75) is 38.0 Å². The number of aromatic hydroxyl groups is 1. The number of methoxy groups -OCH3 is 2. The van der Waals surface area contributed by atoms with Crippen LogP contribution in [0.4, 0.5) is 0 Å². The highest BCUT2D eigenvalue weighted by atomic mass is 16.7. The second-order valence-corrected chi connectivity index (χ2v) is 7.66. The molecule has 2 aromatic rings. The molecule has 0 fully saturated rings. The van der Waals surface area contributed by atoms with Crippen LogP contribution in [0.5, 0.6) is 11.5 Å². The standard InChI is InChI=1S/C24H27NO8/c1-15(12-16-4-7-19(31-3)8-5-16)25-23-24(29,33-22(28)11-10-21(27)32-23)18-6-9-20(26)17(13-18)14-30-2/h4-11,13,15,23,25-26,29H,12,14H2,1-3H3/b11-10+. The molecule has 2 aromatic carbocycles. The molecule has 0 saturated carbocycles. The van der Waals surface area contributed by atoms with Gasteiger partial charge in [-0.1, -0.05) is 12.1 Å². The molecule has 0 spiro atoms. The molecule has 0 amide bonds. The number of carbonyl (C=O) groups excluding carboxylic acids is 2. The van der Waals surface area contributed by atoms with Gasteiger partial charge in [-0.2, -0.15) is 0 Å². The van der Waals surface area contributed by atoms with Gasteiger partial charge in [0.05, 0.1) is 13.7 Å². The van der Waals surface area contributed by atoms with Crippen molar-refractivity contribution in [3.8, 4) is 11.5 Å². The van der Waals surface area contributed by atoms with Crippen LogP contribution in [0, 0.1) is 0 Å². The van der Waals surface area contributed by atoms with Gasteiger partial charge in [-0.05, 0) is 49.2 Å². The molecule has 3 atom stereocenters. The van der Waals surface area contributed by atoms with E-state index in [1.165, 1.54) is 25.3 Å². The summed E-state index contributed by atoms with van der Waals surface area (Å²) in [5.74, 6) is -3.46. The second kappa shape index (κ2) is 10.5. The average molecular weight is 457 g/mol. The number of esters is 2. The Kier molecular flexibility index (Phi) is 7.70. The van der Waals surface area contributed by atoms with Crippen LogP contribution in [0.15, 0.2) is 54.6 Å². The van der Waals surface area contributed by atoms with Gasteiger partial charge >= 0.3 is 11.9 Å². The predicted molar refractivity (Wildman–Crippen MR) is 117 cm³/mol. The minimum absolute atomic E-state index is 0.0510. The first-order valence-corrected chi connectivity index (χ1v) is 10.3. The van der Waals surface area contributed by atoms with Crippen molar-refractivity contribution in [2.24, 2.45) is 0 Å². The Balaban J connectivity index is 1.92. The number of benzene rings is 2. The largest absolute Gasteiger partial charge is 0.508 e. The zero-order valence-corrected chi connectivity index (χ0v) is 18.6. The fraction of sp³-hybridized carbons (Fsp3) is 0.333. The van der Waals surface area contributed by atoms with Gasteiger partial charge in [0.15, 0.2) is 0 Å². The summed E-state index contributed by atoms with van der Waals surface area (Å²) in [6.07, 6.45) is 0.883. The minimum atomic E-state index is -2.37. The first kappa shape index (κ1) is 24.2. The van der Waals surface area contributed by atoms with Crippen LogP contribution in [0.3, 0.4) is 0 Å². The Bertz CT molecular complexity index is 1020. The first-order chi connectivity index (χ1) is 15.7. The molecule has 1 aliphatic rings. The molecule has 9 heteroatoms. The monoisotopic (exact) mass is 457 g/mol. The third-order valence-corrected chi connectivity index (χ3v) is 5.13. The SMILES string of the molecule is COCc1cc(C2(O)OC(=O)/C=C/C(=O)OC2NC(C)Cc2ccc(OC)cc2)ccc1O. The number of carbonyl (C=O) groups is 2. The third-order valence-electron chi connectivity index (χ3n) is 5.13. The van der Waals surface area contributed by atoms with Gasteiger partial charge in [0.2, 0.25) is 6.23 Å². The molecule has 0 aromatic heterocycles. The van der Waals surface area contributed by atoms with Crippen LogP contribution in [0.2, 0.25) is 0 Å². The summed E-state index contributed by atoms with van der Waals surface area (Å²) < 4.78 is 21.0. The fourth-order valence-corrected chi connectivity index (χ4v) is 3.48. The summed E-state index contributed by atoms with van der Waals surface area (Å²) in [5.41, 5.74) is 1.42. The zero-order chi connectivity index (χ0) is 24.0. The molecule has 176 valence electrons. The smallest absolute Gasteiger partial charge is 0.333 e. The van der Waals surface area contributed by atoms with Crippen LogP contribution in [-0.2, 0) is 42.6 Å². The van der Waals surface area contributed by atoms with Gasteiger partial charge in [-0.3, -0.25) is 5.32 Å². The summed E-state index contributed by atoms with van der Waals surface area (Å²) in [5, 5.41) is 24.6. The Morgan fingerprint density at radius 3 is 2.45 bits per heavy atom. The summed E-state index contributed by atoms with van der Waals surface area (Å²) in [4.78, 5) is 24.4. The van der Waals surface area contributed by atoms with E-state index >= 15 is 0 Å². The van der Waals surface area contributed by atoms with E-state index in [9.17, 15) is 19.8 Å². The molecule has 0 radical (unpaired) electrons. The molecule has 1 heterocycles. The summed E-state index contributed by atoms with van der Waals surface area (Å²) >= 11 is 0. The summed E-state index contributed by atoms with van der Waals surface area (Å²) in [6.45, 7) is 1.89. The molecular weight excluding hydrogens is 430 g/mol. The highest BCUT2D eigenvalue weighted by molar-refractivity contribution is 5.92. The molecule has 0 bridgehead atoms. The summed E-state index contributed by atoms with van der Waals surface area (Å²) in [6, 6.07) is 11.3. The van der Waals surface area contributed by atoms with Gasteiger partial charge in [0.1, 0.15) is 11.5 Å². The normalized spacial score (nSPS) is 22.5. The minimum Gasteiger partial charge on any atom is -0.508 e. The van der Waals surface area contributed by atoms with E-state index in [2.05, 4.69) is 5.32 Å². The van der Waals surface area contributed by atoms with E-state index in [4.69, 9.17) is 18.9 Å². The molecule has 3 unspecified atom stereocenters. The van der Waals surface area contributed by atoms with Gasteiger partial charge in [-0.25, -0.2) is 9.59 Å². The third kappa shape index (κ3) is 5.89. The number of ether oxygens (including phenoxy) is 4. The molecule has 9 nitrogen and oxygen atoms in total. The maximum Gasteiger partial charge on any atom is 0.333 e. The number of cyclic esters (lactones) is 2. The number of aliphatic hydroxyl groups is 1. The Labute approximate surface area is 191 Å². The van der Waals surface area contributed by atoms with E-state index in [0.717, 1.165) is 23.5 Å². The topological polar surface area (TPSA) is 124 Å². The Hall–Kier alpha value is -3.40.